The maximum absolute atomic E-state index is 10.3. The molecule has 0 saturated carbocycles. The Bertz CT molecular complexity index is 950. The van der Waals surface area contributed by atoms with Crippen LogP contribution in [0.5, 0.6) is 11.5 Å². The number of ether oxygens (including phenoxy) is 2. The Morgan fingerprint density at radius 1 is 0.867 bits per heavy atom. The maximum atomic E-state index is 10.3. The Morgan fingerprint density at radius 2 is 1.63 bits per heavy atom. The van der Waals surface area contributed by atoms with Crippen LogP contribution in [0.15, 0.2) is 66.7 Å². The van der Waals surface area contributed by atoms with Crippen LogP contribution in [0.3, 0.4) is 0 Å². The second-order valence-electron chi connectivity index (χ2n) is 6.81. The van der Waals surface area contributed by atoms with Gasteiger partial charge in [0.1, 0.15) is 6.61 Å². The van der Waals surface area contributed by atoms with Gasteiger partial charge in [-0.3, -0.25) is 0 Å². The number of aliphatic hydroxyl groups excluding tert-OH is 1. The molecule has 0 spiro atoms. The van der Waals surface area contributed by atoms with E-state index in [1.165, 1.54) is 0 Å². The van der Waals surface area contributed by atoms with Gasteiger partial charge in [0, 0.05) is 13.1 Å². The van der Waals surface area contributed by atoms with E-state index in [0.717, 1.165) is 16.7 Å². The van der Waals surface area contributed by atoms with Crippen LogP contribution < -0.4 is 14.8 Å². The Morgan fingerprint density at radius 3 is 2.37 bits per heavy atom. The lowest BCUT2D eigenvalue weighted by molar-refractivity contribution is 0.174. The highest BCUT2D eigenvalue weighted by atomic mass is 35.5. The van der Waals surface area contributed by atoms with Crippen molar-refractivity contribution in [2.24, 2.45) is 0 Å². The van der Waals surface area contributed by atoms with Gasteiger partial charge in [-0.25, -0.2) is 0 Å². The van der Waals surface area contributed by atoms with Crippen LogP contribution >= 0.6 is 23.2 Å². The van der Waals surface area contributed by atoms with Gasteiger partial charge < -0.3 is 19.9 Å². The molecular formula is C24H25Cl2NO3. The summed E-state index contributed by atoms with van der Waals surface area (Å²) in [6, 6.07) is 20.9. The normalized spacial score (nSPS) is 11.9. The molecule has 3 aromatic rings. The van der Waals surface area contributed by atoms with E-state index in [0.29, 0.717) is 47.8 Å². The average molecular weight is 446 g/mol. The average Bonchev–Trinajstić information content (AvgIpc) is 2.76. The SMILES string of the molecule is CCOc1cc(CNC[C@H](O)c2ccccc2)ccc1OCc1ccc(Cl)c(Cl)c1. The van der Waals surface area contributed by atoms with Gasteiger partial charge in [-0.2, -0.15) is 0 Å². The standard InChI is InChI=1S/C24H25Cl2NO3/c1-2-29-24-13-17(14-27-15-22(28)19-6-4-3-5-7-19)9-11-23(24)30-16-18-8-10-20(25)21(26)12-18/h3-13,22,27-28H,2,14-16H2,1H3/t22-/m0/s1. The molecule has 0 fully saturated rings. The molecule has 0 aliphatic carbocycles. The van der Waals surface area contributed by atoms with Crippen molar-refractivity contribution in [3.8, 4) is 11.5 Å². The molecule has 0 heterocycles. The number of halogens is 2. The van der Waals surface area contributed by atoms with Crippen molar-refractivity contribution >= 4 is 23.2 Å². The monoisotopic (exact) mass is 445 g/mol. The minimum Gasteiger partial charge on any atom is -0.490 e. The number of aliphatic hydroxyl groups is 1. The molecule has 0 bridgehead atoms. The molecule has 0 aliphatic heterocycles. The van der Waals surface area contributed by atoms with Gasteiger partial charge in [0.15, 0.2) is 11.5 Å². The van der Waals surface area contributed by atoms with Crippen molar-refractivity contribution < 1.29 is 14.6 Å². The van der Waals surface area contributed by atoms with E-state index in [4.69, 9.17) is 32.7 Å². The van der Waals surface area contributed by atoms with E-state index in [1.54, 1.807) is 12.1 Å². The number of hydrogen-bond donors (Lipinski definition) is 2. The van der Waals surface area contributed by atoms with Gasteiger partial charge >= 0.3 is 0 Å². The number of rotatable bonds is 10. The summed E-state index contributed by atoms with van der Waals surface area (Å²) in [6.45, 7) is 3.90. The van der Waals surface area contributed by atoms with Crippen molar-refractivity contribution in [2.45, 2.75) is 26.2 Å². The van der Waals surface area contributed by atoms with Crippen LogP contribution in [0.4, 0.5) is 0 Å². The molecule has 0 radical (unpaired) electrons. The lowest BCUT2D eigenvalue weighted by Gasteiger charge is -2.15. The second-order valence-corrected chi connectivity index (χ2v) is 7.62. The molecule has 0 saturated heterocycles. The minimum absolute atomic E-state index is 0.359. The third-order valence-electron chi connectivity index (χ3n) is 4.54. The molecule has 6 heteroatoms. The minimum atomic E-state index is -0.550. The van der Waals surface area contributed by atoms with Gasteiger partial charge in [0.05, 0.1) is 22.8 Å². The predicted molar refractivity (Wildman–Crippen MR) is 122 cm³/mol. The molecule has 4 nitrogen and oxygen atoms in total. The summed E-state index contributed by atoms with van der Waals surface area (Å²) in [7, 11) is 0. The molecule has 158 valence electrons. The molecular weight excluding hydrogens is 421 g/mol. The first-order valence-electron chi connectivity index (χ1n) is 9.83. The summed E-state index contributed by atoms with van der Waals surface area (Å²) in [5.74, 6) is 1.34. The third kappa shape index (κ3) is 6.38. The summed E-state index contributed by atoms with van der Waals surface area (Å²) in [5, 5.41) is 14.6. The van der Waals surface area contributed by atoms with Gasteiger partial charge in [0.2, 0.25) is 0 Å². The van der Waals surface area contributed by atoms with Crippen molar-refractivity contribution in [3.05, 3.63) is 93.5 Å². The molecule has 30 heavy (non-hydrogen) atoms. The van der Waals surface area contributed by atoms with Crippen molar-refractivity contribution in [2.75, 3.05) is 13.2 Å². The van der Waals surface area contributed by atoms with Crippen molar-refractivity contribution in [1.82, 2.24) is 5.32 Å². The van der Waals surface area contributed by atoms with Crippen LogP contribution in [0.1, 0.15) is 29.7 Å². The van der Waals surface area contributed by atoms with E-state index < -0.39 is 6.10 Å². The molecule has 0 aliphatic rings. The first-order chi connectivity index (χ1) is 14.6. The summed E-state index contributed by atoms with van der Waals surface area (Å²) < 4.78 is 11.7. The van der Waals surface area contributed by atoms with Crippen LogP contribution in [0.2, 0.25) is 10.0 Å². The molecule has 0 amide bonds. The topological polar surface area (TPSA) is 50.7 Å². The largest absolute Gasteiger partial charge is 0.490 e. The summed E-state index contributed by atoms with van der Waals surface area (Å²) in [6.07, 6.45) is -0.550. The highest BCUT2D eigenvalue weighted by Crippen LogP contribution is 2.30. The molecule has 1 atom stereocenters. The van der Waals surface area contributed by atoms with Crippen molar-refractivity contribution in [3.63, 3.8) is 0 Å². The van der Waals surface area contributed by atoms with Gasteiger partial charge in [-0.05, 0) is 47.9 Å². The highest BCUT2D eigenvalue weighted by Gasteiger charge is 2.10. The number of nitrogens with one attached hydrogen (secondary N) is 1. The van der Waals surface area contributed by atoms with E-state index in [-0.39, 0.29) is 0 Å². The van der Waals surface area contributed by atoms with Crippen LogP contribution in [-0.4, -0.2) is 18.3 Å². The zero-order chi connectivity index (χ0) is 21.3. The Kier molecular flexibility index (Phi) is 8.40. The molecule has 2 N–H and O–H groups in total. The van der Waals surface area contributed by atoms with Crippen LogP contribution in [-0.2, 0) is 13.2 Å². The second kappa shape index (κ2) is 11.2. The van der Waals surface area contributed by atoms with Crippen molar-refractivity contribution in [1.29, 1.82) is 0 Å². The summed E-state index contributed by atoms with van der Waals surface area (Å²) in [5.41, 5.74) is 2.86. The third-order valence-corrected chi connectivity index (χ3v) is 5.28. The molecule has 0 unspecified atom stereocenters. The number of hydrogen-bond acceptors (Lipinski definition) is 4. The first kappa shape index (κ1) is 22.4. The fourth-order valence-corrected chi connectivity index (χ4v) is 3.31. The van der Waals surface area contributed by atoms with Crippen LogP contribution in [0.25, 0.3) is 0 Å². The van der Waals surface area contributed by atoms with E-state index in [1.807, 2.05) is 61.5 Å². The smallest absolute Gasteiger partial charge is 0.161 e. The fourth-order valence-electron chi connectivity index (χ4n) is 2.99. The molecule has 0 aromatic heterocycles. The summed E-state index contributed by atoms with van der Waals surface area (Å²) >= 11 is 12.0. The number of benzene rings is 3. The van der Waals surface area contributed by atoms with E-state index in [9.17, 15) is 5.11 Å². The van der Waals surface area contributed by atoms with Crippen LogP contribution in [0, 0.1) is 0 Å². The Balaban J connectivity index is 1.59. The summed E-state index contributed by atoms with van der Waals surface area (Å²) in [4.78, 5) is 0. The quantitative estimate of drug-likeness (QED) is 0.414. The fraction of sp³-hybridized carbons (Fsp3) is 0.250. The lowest BCUT2D eigenvalue weighted by atomic mass is 10.1. The zero-order valence-electron chi connectivity index (χ0n) is 16.8. The Labute approximate surface area is 187 Å². The zero-order valence-corrected chi connectivity index (χ0v) is 18.3. The highest BCUT2D eigenvalue weighted by molar-refractivity contribution is 6.42. The molecule has 3 rings (SSSR count). The predicted octanol–water partition coefficient (Wildman–Crippen LogP) is 5.79. The van der Waals surface area contributed by atoms with E-state index in [2.05, 4.69) is 5.32 Å². The lowest BCUT2D eigenvalue weighted by Crippen LogP contribution is -2.21. The van der Waals surface area contributed by atoms with Gasteiger partial charge in [0.25, 0.3) is 0 Å². The van der Waals surface area contributed by atoms with Gasteiger partial charge in [-0.15, -0.1) is 0 Å². The maximum Gasteiger partial charge on any atom is 0.161 e. The first-order valence-corrected chi connectivity index (χ1v) is 10.6. The van der Waals surface area contributed by atoms with E-state index >= 15 is 0 Å². The molecule has 3 aromatic carbocycles. The Hall–Kier alpha value is -2.24. The van der Waals surface area contributed by atoms with Gasteiger partial charge in [-0.1, -0.05) is 65.7 Å².